The van der Waals surface area contributed by atoms with Gasteiger partial charge in [0.15, 0.2) is 0 Å². The summed E-state index contributed by atoms with van der Waals surface area (Å²) >= 11 is 0. The average Bonchev–Trinajstić information content (AvgIpc) is 2.60. The van der Waals surface area contributed by atoms with E-state index in [9.17, 15) is 4.79 Å². The second-order valence-electron chi connectivity index (χ2n) is 3.84. The molecule has 84 valence electrons. The van der Waals surface area contributed by atoms with Gasteiger partial charge in [0, 0.05) is 5.56 Å². The number of hydrogen-bond donors (Lipinski definition) is 2. The predicted octanol–water partition coefficient (Wildman–Crippen LogP) is 0.730. The van der Waals surface area contributed by atoms with Crippen LogP contribution < -0.4 is 5.32 Å². The van der Waals surface area contributed by atoms with Gasteiger partial charge in [-0.1, -0.05) is 19.0 Å². The molecule has 1 aromatic heterocycles. The van der Waals surface area contributed by atoms with Gasteiger partial charge in [0.1, 0.15) is 0 Å². The first-order chi connectivity index (χ1) is 7.06. The predicted molar refractivity (Wildman–Crippen MR) is 54.4 cm³/mol. The van der Waals surface area contributed by atoms with Crippen LogP contribution in [0.15, 0.2) is 10.7 Å². The molecule has 0 aliphatic rings. The maximum atomic E-state index is 11.6. The first-order valence-electron chi connectivity index (χ1n) is 4.89. The Bertz CT molecular complexity index is 333. The topological polar surface area (TPSA) is 75.4 Å². The van der Waals surface area contributed by atoms with E-state index in [1.165, 1.54) is 6.20 Å². The van der Waals surface area contributed by atoms with Crippen molar-refractivity contribution < 1.29 is 14.4 Å². The van der Waals surface area contributed by atoms with Gasteiger partial charge in [0.25, 0.3) is 5.91 Å². The van der Waals surface area contributed by atoms with E-state index in [0.29, 0.717) is 5.56 Å². The lowest BCUT2D eigenvalue weighted by atomic mass is 10.1. The van der Waals surface area contributed by atoms with Crippen LogP contribution in [0.5, 0.6) is 0 Å². The third kappa shape index (κ3) is 2.79. The molecular weight excluding hydrogens is 196 g/mol. The van der Waals surface area contributed by atoms with Crippen molar-refractivity contribution in [1.82, 2.24) is 10.5 Å². The van der Waals surface area contributed by atoms with Crippen molar-refractivity contribution in [1.29, 1.82) is 0 Å². The Labute approximate surface area is 88.5 Å². The Morgan fingerprint density at radius 3 is 2.73 bits per heavy atom. The van der Waals surface area contributed by atoms with Crippen LogP contribution in [-0.4, -0.2) is 28.8 Å². The molecule has 1 atom stereocenters. The zero-order chi connectivity index (χ0) is 11.4. The number of nitrogens with one attached hydrogen (secondary N) is 1. The first kappa shape index (κ1) is 11.7. The molecule has 0 aliphatic carbocycles. The fraction of sp³-hybridized carbons (Fsp3) is 0.600. The Balaban J connectivity index is 2.67. The minimum absolute atomic E-state index is 0.0867. The highest BCUT2D eigenvalue weighted by molar-refractivity contribution is 5.92. The molecule has 2 N–H and O–H groups in total. The molecule has 1 unspecified atom stereocenters. The first-order valence-corrected chi connectivity index (χ1v) is 4.89. The Morgan fingerprint density at radius 1 is 1.67 bits per heavy atom. The quantitative estimate of drug-likeness (QED) is 0.771. The molecule has 0 fully saturated rings. The van der Waals surface area contributed by atoms with E-state index in [0.717, 1.165) is 0 Å². The molecule has 0 aliphatic heterocycles. The monoisotopic (exact) mass is 212 g/mol. The number of carbonyl (C=O) groups is 1. The summed E-state index contributed by atoms with van der Waals surface area (Å²) in [4.78, 5) is 11.6. The van der Waals surface area contributed by atoms with Crippen molar-refractivity contribution in [2.24, 2.45) is 5.92 Å². The van der Waals surface area contributed by atoms with Gasteiger partial charge in [-0.05, 0) is 12.8 Å². The minimum Gasteiger partial charge on any atom is -0.394 e. The largest absolute Gasteiger partial charge is 0.394 e. The summed E-state index contributed by atoms with van der Waals surface area (Å²) in [6.07, 6.45) is 1.48. The van der Waals surface area contributed by atoms with E-state index >= 15 is 0 Å². The molecule has 0 saturated carbocycles. The smallest absolute Gasteiger partial charge is 0.290 e. The van der Waals surface area contributed by atoms with Gasteiger partial charge in [-0.25, -0.2) is 0 Å². The number of aromatic nitrogens is 1. The summed E-state index contributed by atoms with van der Waals surface area (Å²) in [5, 5.41) is 15.3. The number of rotatable bonds is 4. The van der Waals surface area contributed by atoms with Crippen molar-refractivity contribution in [2.45, 2.75) is 26.8 Å². The van der Waals surface area contributed by atoms with E-state index in [4.69, 9.17) is 9.63 Å². The molecule has 1 amide bonds. The lowest BCUT2D eigenvalue weighted by Crippen LogP contribution is -2.41. The summed E-state index contributed by atoms with van der Waals surface area (Å²) in [6, 6.07) is -0.262. The molecule has 0 radical (unpaired) electrons. The molecule has 1 aromatic rings. The molecule has 1 rings (SSSR count). The van der Waals surface area contributed by atoms with Crippen LogP contribution in [0.25, 0.3) is 0 Å². The fourth-order valence-corrected chi connectivity index (χ4v) is 1.17. The van der Waals surface area contributed by atoms with Crippen LogP contribution >= 0.6 is 0 Å². The molecule has 0 saturated heterocycles. The third-order valence-electron chi connectivity index (χ3n) is 2.27. The molecular formula is C10H16N2O3. The molecule has 0 bridgehead atoms. The second-order valence-corrected chi connectivity index (χ2v) is 3.84. The number of aliphatic hydroxyl groups excluding tert-OH is 1. The van der Waals surface area contributed by atoms with Gasteiger partial charge < -0.3 is 14.9 Å². The molecule has 1 heterocycles. The summed E-state index contributed by atoms with van der Waals surface area (Å²) in [5.74, 6) is 0.0361. The molecule has 0 spiro atoms. The van der Waals surface area contributed by atoms with Crippen LogP contribution in [0.2, 0.25) is 0 Å². The van der Waals surface area contributed by atoms with Crippen LogP contribution in [0, 0.1) is 12.8 Å². The van der Waals surface area contributed by atoms with E-state index in [1.807, 2.05) is 13.8 Å². The number of carbonyl (C=O) groups excluding carboxylic acids is 1. The van der Waals surface area contributed by atoms with Crippen molar-refractivity contribution in [3.8, 4) is 0 Å². The summed E-state index contributed by atoms with van der Waals surface area (Å²) in [7, 11) is 0. The normalized spacial score (nSPS) is 12.9. The van der Waals surface area contributed by atoms with E-state index in [2.05, 4.69) is 10.5 Å². The van der Waals surface area contributed by atoms with Crippen LogP contribution in [0.3, 0.4) is 0 Å². The second kappa shape index (κ2) is 4.93. The third-order valence-corrected chi connectivity index (χ3v) is 2.27. The highest BCUT2D eigenvalue weighted by atomic mass is 16.5. The van der Waals surface area contributed by atoms with E-state index in [-0.39, 0.29) is 30.2 Å². The highest BCUT2D eigenvalue weighted by Crippen LogP contribution is 2.07. The number of amides is 1. The summed E-state index contributed by atoms with van der Waals surface area (Å²) < 4.78 is 4.81. The van der Waals surface area contributed by atoms with Gasteiger partial charge in [-0.15, -0.1) is 0 Å². The SMILES string of the molecule is Cc1cnoc1C(=O)NC(CO)C(C)C. The maximum Gasteiger partial charge on any atom is 0.290 e. The Kier molecular flexibility index (Phi) is 3.85. The van der Waals surface area contributed by atoms with Crippen LogP contribution in [0.1, 0.15) is 30.0 Å². The van der Waals surface area contributed by atoms with Crippen molar-refractivity contribution in [3.63, 3.8) is 0 Å². The Morgan fingerprint density at radius 2 is 2.33 bits per heavy atom. The number of nitrogens with zero attached hydrogens (tertiary/aromatic N) is 1. The molecule has 5 nitrogen and oxygen atoms in total. The number of aliphatic hydroxyl groups is 1. The van der Waals surface area contributed by atoms with Crippen molar-refractivity contribution >= 4 is 5.91 Å². The molecule has 5 heteroatoms. The van der Waals surface area contributed by atoms with Crippen molar-refractivity contribution in [2.75, 3.05) is 6.61 Å². The fourth-order valence-electron chi connectivity index (χ4n) is 1.17. The number of aryl methyl sites for hydroxylation is 1. The number of hydrogen-bond acceptors (Lipinski definition) is 4. The van der Waals surface area contributed by atoms with Crippen LogP contribution in [-0.2, 0) is 0 Å². The molecule has 15 heavy (non-hydrogen) atoms. The van der Waals surface area contributed by atoms with Crippen molar-refractivity contribution in [3.05, 3.63) is 17.5 Å². The Hall–Kier alpha value is -1.36. The molecule has 0 aromatic carbocycles. The zero-order valence-electron chi connectivity index (χ0n) is 9.15. The van der Waals surface area contributed by atoms with E-state index < -0.39 is 0 Å². The average molecular weight is 212 g/mol. The minimum atomic E-state index is -0.335. The van der Waals surface area contributed by atoms with Gasteiger partial charge in [-0.2, -0.15) is 0 Å². The van der Waals surface area contributed by atoms with Gasteiger partial charge in [0.2, 0.25) is 5.76 Å². The van der Waals surface area contributed by atoms with Gasteiger partial charge in [-0.3, -0.25) is 4.79 Å². The van der Waals surface area contributed by atoms with Gasteiger partial charge in [0.05, 0.1) is 18.8 Å². The van der Waals surface area contributed by atoms with E-state index in [1.54, 1.807) is 6.92 Å². The summed E-state index contributed by atoms with van der Waals surface area (Å²) in [5.41, 5.74) is 0.688. The summed E-state index contributed by atoms with van der Waals surface area (Å²) in [6.45, 7) is 5.51. The maximum absolute atomic E-state index is 11.6. The lowest BCUT2D eigenvalue weighted by molar-refractivity contribution is 0.0859. The lowest BCUT2D eigenvalue weighted by Gasteiger charge is -2.18. The van der Waals surface area contributed by atoms with Crippen LogP contribution in [0.4, 0.5) is 0 Å². The highest BCUT2D eigenvalue weighted by Gasteiger charge is 2.20. The standard InChI is InChI=1S/C10H16N2O3/c1-6(2)8(5-13)12-10(14)9-7(3)4-11-15-9/h4,6,8,13H,5H2,1-3H3,(H,12,14). The van der Waals surface area contributed by atoms with Gasteiger partial charge >= 0.3 is 0 Å². The zero-order valence-corrected chi connectivity index (χ0v) is 9.15.